The number of hydrogen-bond donors (Lipinski definition) is 2. The largest absolute Gasteiger partial charge is 0.350 e. The van der Waals surface area contributed by atoms with E-state index in [0.29, 0.717) is 5.92 Å². The molecule has 0 radical (unpaired) electrons. The highest BCUT2D eigenvalue weighted by atomic mass is 16.2. The monoisotopic (exact) mass is 225 g/mol. The first-order chi connectivity index (χ1) is 7.74. The quantitative estimate of drug-likeness (QED) is 0.529. The van der Waals surface area contributed by atoms with Gasteiger partial charge in [0.05, 0.1) is 0 Å². The molecule has 4 heteroatoms. The summed E-state index contributed by atoms with van der Waals surface area (Å²) in [6, 6.07) is -0.566. The maximum absolute atomic E-state index is 10.6. The Kier molecular flexibility index (Phi) is 5.90. The van der Waals surface area contributed by atoms with Crippen molar-refractivity contribution in [3.8, 4) is 0 Å². The van der Waals surface area contributed by atoms with E-state index in [0.717, 1.165) is 12.1 Å². The predicted octanol–water partition coefficient (Wildman–Crippen LogP) is 2.78. The van der Waals surface area contributed by atoms with Gasteiger partial charge in [-0.25, -0.2) is 10.2 Å². The van der Waals surface area contributed by atoms with Gasteiger partial charge < -0.3 is 5.73 Å². The Morgan fingerprint density at radius 3 is 3.00 bits per heavy atom. The van der Waals surface area contributed by atoms with Crippen LogP contribution in [0.1, 0.15) is 58.3 Å². The van der Waals surface area contributed by atoms with Crippen LogP contribution >= 0.6 is 0 Å². The van der Waals surface area contributed by atoms with Crippen LogP contribution in [0.25, 0.3) is 0 Å². The first kappa shape index (κ1) is 13.0. The van der Waals surface area contributed by atoms with E-state index in [1.165, 1.54) is 44.9 Å². The Hall–Kier alpha value is -1.06. The van der Waals surface area contributed by atoms with Gasteiger partial charge in [0, 0.05) is 5.71 Å². The standard InChI is InChI=1S/C12H23N3O/c1-2-3-4-5-7-10-8-6-9-11(10)14-15-12(13)16/h10H,2-9H2,1H3,(H3,13,15,16)/b14-11+/t10-/m1/s1. The highest BCUT2D eigenvalue weighted by Gasteiger charge is 2.22. The lowest BCUT2D eigenvalue weighted by atomic mass is 9.98. The first-order valence-electron chi connectivity index (χ1n) is 6.36. The maximum atomic E-state index is 10.6. The second-order valence-electron chi connectivity index (χ2n) is 4.52. The molecule has 0 aromatic heterocycles. The van der Waals surface area contributed by atoms with Crippen LogP contribution in [-0.2, 0) is 0 Å². The molecule has 3 N–H and O–H groups in total. The molecule has 0 aromatic carbocycles. The van der Waals surface area contributed by atoms with E-state index >= 15 is 0 Å². The second-order valence-corrected chi connectivity index (χ2v) is 4.52. The van der Waals surface area contributed by atoms with E-state index < -0.39 is 6.03 Å². The number of nitrogens with zero attached hydrogens (tertiary/aromatic N) is 1. The summed E-state index contributed by atoms with van der Waals surface area (Å²) >= 11 is 0. The Balaban J connectivity index is 2.28. The van der Waals surface area contributed by atoms with Gasteiger partial charge in [0.25, 0.3) is 0 Å². The summed E-state index contributed by atoms with van der Waals surface area (Å²) in [6.07, 6.45) is 9.80. The number of carbonyl (C=O) groups excluding carboxylic acids is 1. The van der Waals surface area contributed by atoms with E-state index in [9.17, 15) is 4.79 Å². The summed E-state index contributed by atoms with van der Waals surface area (Å²) in [5, 5.41) is 4.10. The number of nitrogens with two attached hydrogens (primary N) is 1. The molecule has 1 aliphatic rings. The number of urea groups is 1. The lowest BCUT2D eigenvalue weighted by molar-refractivity contribution is 0.249. The summed E-state index contributed by atoms with van der Waals surface area (Å²) in [7, 11) is 0. The molecule has 1 saturated carbocycles. The average Bonchev–Trinajstić information content (AvgIpc) is 2.69. The van der Waals surface area contributed by atoms with Crippen LogP contribution in [0.15, 0.2) is 5.10 Å². The summed E-state index contributed by atoms with van der Waals surface area (Å²) in [6.45, 7) is 2.22. The van der Waals surface area contributed by atoms with Gasteiger partial charge in [-0.05, 0) is 31.6 Å². The molecule has 0 saturated heterocycles. The maximum Gasteiger partial charge on any atom is 0.332 e. The van der Waals surface area contributed by atoms with E-state index in [1.807, 2.05) is 0 Å². The van der Waals surface area contributed by atoms with Gasteiger partial charge in [-0.1, -0.05) is 32.6 Å². The van der Waals surface area contributed by atoms with Crippen LogP contribution in [-0.4, -0.2) is 11.7 Å². The zero-order chi connectivity index (χ0) is 11.8. The highest BCUT2D eigenvalue weighted by molar-refractivity contribution is 5.89. The molecular weight excluding hydrogens is 202 g/mol. The van der Waals surface area contributed by atoms with Crippen molar-refractivity contribution in [2.75, 3.05) is 0 Å². The third-order valence-electron chi connectivity index (χ3n) is 3.17. The average molecular weight is 225 g/mol. The summed E-state index contributed by atoms with van der Waals surface area (Å²) < 4.78 is 0. The van der Waals surface area contributed by atoms with Crippen molar-refractivity contribution in [2.45, 2.75) is 58.3 Å². The fourth-order valence-electron chi connectivity index (χ4n) is 2.30. The molecule has 92 valence electrons. The molecule has 0 unspecified atom stereocenters. The number of primary amides is 1. The molecule has 2 amide bonds. The van der Waals surface area contributed by atoms with Crippen molar-refractivity contribution in [2.24, 2.45) is 16.8 Å². The van der Waals surface area contributed by atoms with Crippen molar-refractivity contribution in [1.82, 2.24) is 5.43 Å². The minimum Gasteiger partial charge on any atom is -0.350 e. The molecule has 1 aliphatic carbocycles. The van der Waals surface area contributed by atoms with Gasteiger partial charge in [0.2, 0.25) is 0 Å². The van der Waals surface area contributed by atoms with Gasteiger partial charge in [-0.15, -0.1) is 0 Å². The van der Waals surface area contributed by atoms with Crippen LogP contribution in [0, 0.1) is 5.92 Å². The van der Waals surface area contributed by atoms with Gasteiger partial charge >= 0.3 is 6.03 Å². The Bertz CT molecular complexity index is 251. The topological polar surface area (TPSA) is 67.5 Å². The first-order valence-corrected chi connectivity index (χ1v) is 6.36. The van der Waals surface area contributed by atoms with E-state index in [2.05, 4.69) is 17.5 Å². The SMILES string of the molecule is CCCCCC[C@@H]1CCC/C1=N\NC(N)=O. The van der Waals surface area contributed by atoms with Crippen LogP contribution in [0.4, 0.5) is 4.79 Å². The van der Waals surface area contributed by atoms with Crippen molar-refractivity contribution >= 4 is 11.7 Å². The Morgan fingerprint density at radius 1 is 1.50 bits per heavy atom. The van der Waals surface area contributed by atoms with Gasteiger partial charge in [0.15, 0.2) is 0 Å². The number of hydrazone groups is 1. The molecule has 0 aromatic rings. The third kappa shape index (κ3) is 4.64. The van der Waals surface area contributed by atoms with Crippen LogP contribution < -0.4 is 11.2 Å². The summed E-state index contributed by atoms with van der Waals surface area (Å²) in [4.78, 5) is 10.6. The van der Waals surface area contributed by atoms with Crippen molar-refractivity contribution < 1.29 is 4.79 Å². The van der Waals surface area contributed by atoms with E-state index in [4.69, 9.17) is 5.73 Å². The fraction of sp³-hybridized carbons (Fsp3) is 0.833. The molecule has 1 atom stereocenters. The predicted molar refractivity (Wildman–Crippen MR) is 66.3 cm³/mol. The van der Waals surface area contributed by atoms with Crippen molar-refractivity contribution in [3.63, 3.8) is 0 Å². The van der Waals surface area contributed by atoms with Crippen LogP contribution in [0.2, 0.25) is 0 Å². The molecule has 16 heavy (non-hydrogen) atoms. The molecule has 0 spiro atoms. The number of unbranched alkanes of at least 4 members (excludes halogenated alkanes) is 3. The number of carbonyl (C=O) groups is 1. The number of amides is 2. The van der Waals surface area contributed by atoms with Crippen molar-refractivity contribution in [1.29, 1.82) is 0 Å². The molecular formula is C12H23N3O. The normalized spacial score (nSPS) is 22.6. The lowest BCUT2D eigenvalue weighted by Crippen LogP contribution is -2.26. The number of hydrogen-bond acceptors (Lipinski definition) is 2. The minimum atomic E-state index is -0.566. The second kappa shape index (κ2) is 7.25. The minimum absolute atomic E-state index is 0.566. The number of rotatable bonds is 6. The Morgan fingerprint density at radius 2 is 2.31 bits per heavy atom. The molecule has 1 rings (SSSR count). The van der Waals surface area contributed by atoms with Gasteiger partial charge in [-0.3, -0.25) is 0 Å². The smallest absolute Gasteiger partial charge is 0.332 e. The molecule has 0 bridgehead atoms. The zero-order valence-corrected chi connectivity index (χ0v) is 10.2. The highest BCUT2D eigenvalue weighted by Crippen LogP contribution is 2.27. The summed E-state index contributed by atoms with van der Waals surface area (Å²) in [5.41, 5.74) is 8.48. The van der Waals surface area contributed by atoms with Crippen LogP contribution in [0.5, 0.6) is 0 Å². The zero-order valence-electron chi connectivity index (χ0n) is 10.2. The molecule has 0 aliphatic heterocycles. The van der Waals surface area contributed by atoms with Crippen molar-refractivity contribution in [3.05, 3.63) is 0 Å². The molecule has 0 heterocycles. The molecule has 1 fully saturated rings. The lowest BCUT2D eigenvalue weighted by Gasteiger charge is -2.10. The molecule has 4 nitrogen and oxygen atoms in total. The number of nitrogens with one attached hydrogen (secondary N) is 1. The van der Waals surface area contributed by atoms with Crippen LogP contribution in [0.3, 0.4) is 0 Å². The van der Waals surface area contributed by atoms with Gasteiger partial charge in [-0.2, -0.15) is 5.10 Å². The fourth-order valence-corrected chi connectivity index (χ4v) is 2.30. The Labute approximate surface area is 97.7 Å². The van der Waals surface area contributed by atoms with E-state index in [1.54, 1.807) is 0 Å². The van der Waals surface area contributed by atoms with E-state index in [-0.39, 0.29) is 0 Å². The summed E-state index contributed by atoms with van der Waals surface area (Å²) in [5.74, 6) is 0.573. The third-order valence-corrected chi connectivity index (χ3v) is 3.17. The van der Waals surface area contributed by atoms with Gasteiger partial charge in [0.1, 0.15) is 0 Å².